The van der Waals surface area contributed by atoms with Crippen molar-refractivity contribution in [2.75, 3.05) is 7.11 Å². The summed E-state index contributed by atoms with van der Waals surface area (Å²) in [5.41, 5.74) is 4.30. The summed E-state index contributed by atoms with van der Waals surface area (Å²) in [6.07, 6.45) is 3.39. The van der Waals surface area contributed by atoms with Crippen LogP contribution in [0.25, 0.3) is 22.3 Å². The number of aromatic nitrogens is 2. The van der Waals surface area contributed by atoms with E-state index in [1.54, 1.807) is 19.5 Å². The van der Waals surface area contributed by atoms with E-state index in [-0.39, 0.29) is 5.75 Å². The summed E-state index contributed by atoms with van der Waals surface area (Å²) >= 11 is 0. The standard InChI is InChI=1S/C15H16N2O3/c1-7-8(2)12(18)11-13(9(7)3)20-14(15(11)19-4)10-5-16-17-6-10/h5-6,18H,1-4H3,(H,16,17). The van der Waals surface area contributed by atoms with E-state index >= 15 is 0 Å². The van der Waals surface area contributed by atoms with Crippen molar-refractivity contribution in [1.29, 1.82) is 0 Å². The Hall–Kier alpha value is -2.43. The lowest BCUT2D eigenvalue weighted by Crippen LogP contribution is -1.90. The van der Waals surface area contributed by atoms with Gasteiger partial charge in [-0.1, -0.05) is 0 Å². The van der Waals surface area contributed by atoms with Gasteiger partial charge < -0.3 is 14.3 Å². The maximum Gasteiger partial charge on any atom is 0.180 e. The number of H-pyrrole nitrogens is 1. The van der Waals surface area contributed by atoms with Crippen molar-refractivity contribution in [3.8, 4) is 22.8 Å². The third-order valence-electron chi connectivity index (χ3n) is 3.89. The molecule has 0 atom stereocenters. The van der Waals surface area contributed by atoms with Crippen molar-refractivity contribution in [1.82, 2.24) is 10.2 Å². The molecule has 20 heavy (non-hydrogen) atoms. The number of nitrogens with one attached hydrogen (secondary N) is 1. The molecule has 0 saturated heterocycles. The molecule has 3 rings (SSSR count). The highest BCUT2D eigenvalue weighted by Crippen LogP contribution is 2.47. The molecule has 1 aromatic carbocycles. The van der Waals surface area contributed by atoms with Gasteiger partial charge in [0.15, 0.2) is 11.5 Å². The van der Waals surface area contributed by atoms with E-state index in [1.807, 2.05) is 20.8 Å². The fraction of sp³-hybridized carbons (Fsp3) is 0.267. The number of phenols is 1. The summed E-state index contributed by atoms with van der Waals surface area (Å²) in [7, 11) is 1.57. The first kappa shape index (κ1) is 12.6. The Labute approximate surface area is 116 Å². The zero-order chi connectivity index (χ0) is 14.4. The van der Waals surface area contributed by atoms with Gasteiger partial charge in [-0.05, 0) is 37.5 Å². The van der Waals surface area contributed by atoms with Crippen LogP contribution in [0.4, 0.5) is 0 Å². The lowest BCUT2D eigenvalue weighted by Gasteiger charge is -2.08. The first-order chi connectivity index (χ1) is 9.56. The Morgan fingerprint density at radius 2 is 1.95 bits per heavy atom. The average molecular weight is 272 g/mol. The zero-order valence-corrected chi connectivity index (χ0v) is 11.9. The van der Waals surface area contributed by atoms with Gasteiger partial charge in [0.05, 0.1) is 18.9 Å². The summed E-state index contributed by atoms with van der Waals surface area (Å²) in [5.74, 6) is 1.31. The molecule has 5 heteroatoms. The van der Waals surface area contributed by atoms with Crippen molar-refractivity contribution >= 4 is 11.0 Å². The number of aromatic hydroxyl groups is 1. The summed E-state index contributed by atoms with van der Waals surface area (Å²) in [6.45, 7) is 5.84. The molecule has 104 valence electrons. The van der Waals surface area contributed by atoms with Crippen LogP contribution < -0.4 is 4.74 Å². The third-order valence-corrected chi connectivity index (χ3v) is 3.89. The Bertz CT molecular complexity index is 786. The molecule has 3 aromatic rings. The van der Waals surface area contributed by atoms with E-state index in [2.05, 4.69) is 10.2 Å². The fourth-order valence-electron chi connectivity index (χ4n) is 2.47. The minimum atomic E-state index is 0.207. The number of furan rings is 1. The highest BCUT2D eigenvalue weighted by atomic mass is 16.5. The Morgan fingerprint density at radius 1 is 1.20 bits per heavy atom. The van der Waals surface area contributed by atoms with E-state index in [1.165, 1.54) is 0 Å². The lowest BCUT2D eigenvalue weighted by atomic mass is 9.99. The smallest absolute Gasteiger partial charge is 0.180 e. The van der Waals surface area contributed by atoms with Gasteiger partial charge in [-0.25, -0.2) is 0 Å². The predicted molar refractivity (Wildman–Crippen MR) is 76.2 cm³/mol. The van der Waals surface area contributed by atoms with E-state index in [0.29, 0.717) is 22.5 Å². The van der Waals surface area contributed by atoms with Gasteiger partial charge in [0.25, 0.3) is 0 Å². The molecule has 0 aliphatic carbocycles. The Kier molecular flexibility index (Phi) is 2.71. The Morgan fingerprint density at radius 3 is 2.55 bits per heavy atom. The van der Waals surface area contributed by atoms with Crippen LogP contribution in [0.15, 0.2) is 16.8 Å². The second-order valence-corrected chi connectivity index (χ2v) is 4.88. The van der Waals surface area contributed by atoms with Gasteiger partial charge in [-0.15, -0.1) is 0 Å². The SMILES string of the molecule is COc1c(-c2cn[nH]c2)oc2c(C)c(C)c(C)c(O)c12. The lowest BCUT2D eigenvalue weighted by molar-refractivity contribution is 0.411. The largest absolute Gasteiger partial charge is 0.507 e. The molecular weight excluding hydrogens is 256 g/mol. The van der Waals surface area contributed by atoms with E-state index in [9.17, 15) is 5.11 Å². The first-order valence-corrected chi connectivity index (χ1v) is 6.34. The molecule has 0 aliphatic heterocycles. The van der Waals surface area contributed by atoms with Crippen LogP contribution in [0.5, 0.6) is 11.5 Å². The molecule has 5 nitrogen and oxygen atoms in total. The van der Waals surface area contributed by atoms with Gasteiger partial charge in [0, 0.05) is 6.20 Å². The minimum Gasteiger partial charge on any atom is -0.507 e. The van der Waals surface area contributed by atoms with Gasteiger partial charge >= 0.3 is 0 Å². The number of hydrogen-bond acceptors (Lipinski definition) is 4. The molecule has 2 heterocycles. The average Bonchev–Trinajstić information content (AvgIpc) is 3.08. The van der Waals surface area contributed by atoms with Crippen molar-refractivity contribution in [2.45, 2.75) is 20.8 Å². The zero-order valence-electron chi connectivity index (χ0n) is 11.9. The van der Waals surface area contributed by atoms with Gasteiger partial charge in [-0.2, -0.15) is 5.10 Å². The fourth-order valence-corrected chi connectivity index (χ4v) is 2.47. The molecule has 0 fully saturated rings. The monoisotopic (exact) mass is 272 g/mol. The number of aryl methyl sites for hydroxylation is 1. The van der Waals surface area contributed by atoms with Crippen LogP contribution in [-0.4, -0.2) is 22.4 Å². The first-order valence-electron chi connectivity index (χ1n) is 6.34. The van der Waals surface area contributed by atoms with Crippen LogP contribution in [0.2, 0.25) is 0 Å². The number of benzene rings is 1. The minimum absolute atomic E-state index is 0.207. The third kappa shape index (κ3) is 1.52. The van der Waals surface area contributed by atoms with Crippen LogP contribution in [0.1, 0.15) is 16.7 Å². The van der Waals surface area contributed by atoms with Crippen LogP contribution in [0, 0.1) is 20.8 Å². The number of phenolic OH excluding ortho intramolecular Hbond substituents is 1. The number of nitrogens with zero attached hydrogens (tertiary/aromatic N) is 1. The predicted octanol–water partition coefficient (Wildman–Crippen LogP) is 3.46. The summed E-state index contributed by atoms with van der Waals surface area (Å²) < 4.78 is 11.4. The molecule has 2 aromatic heterocycles. The highest BCUT2D eigenvalue weighted by Gasteiger charge is 2.24. The molecule has 0 amide bonds. The number of rotatable bonds is 2. The number of ether oxygens (including phenoxy) is 1. The normalized spacial score (nSPS) is 11.2. The summed E-state index contributed by atoms with van der Waals surface area (Å²) in [6, 6.07) is 0. The summed E-state index contributed by atoms with van der Waals surface area (Å²) in [4.78, 5) is 0. The maximum absolute atomic E-state index is 10.4. The number of fused-ring (bicyclic) bond motifs is 1. The Balaban J connectivity index is 2.47. The number of methoxy groups -OCH3 is 1. The van der Waals surface area contributed by atoms with E-state index in [4.69, 9.17) is 9.15 Å². The van der Waals surface area contributed by atoms with Crippen molar-refractivity contribution in [2.24, 2.45) is 0 Å². The van der Waals surface area contributed by atoms with Crippen molar-refractivity contribution in [3.63, 3.8) is 0 Å². The van der Waals surface area contributed by atoms with Crippen LogP contribution >= 0.6 is 0 Å². The molecular formula is C15H16N2O3. The van der Waals surface area contributed by atoms with E-state index in [0.717, 1.165) is 22.3 Å². The molecule has 2 N–H and O–H groups in total. The van der Waals surface area contributed by atoms with Crippen molar-refractivity contribution < 1.29 is 14.3 Å². The molecule has 0 unspecified atom stereocenters. The maximum atomic E-state index is 10.4. The second-order valence-electron chi connectivity index (χ2n) is 4.88. The number of hydrogen-bond donors (Lipinski definition) is 2. The second kappa shape index (κ2) is 4.30. The van der Waals surface area contributed by atoms with Gasteiger partial charge in [0.2, 0.25) is 0 Å². The van der Waals surface area contributed by atoms with Crippen LogP contribution in [0.3, 0.4) is 0 Å². The van der Waals surface area contributed by atoms with Crippen LogP contribution in [-0.2, 0) is 0 Å². The highest BCUT2D eigenvalue weighted by molar-refractivity contribution is 5.99. The van der Waals surface area contributed by atoms with Gasteiger partial charge in [-0.3, -0.25) is 5.10 Å². The molecule has 0 radical (unpaired) electrons. The number of aromatic amines is 1. The van der Waals surface area contributed by atoms with E-state index < -0.39 is 0 Å². The van der Waals surface area contributed by atoms with Gasteiger partial charge in [0.1, 0.15) is 16.7 Å². The molecule has 0 bridgehead atoms. The molecule has 0 aliphatic rings. The molecule has 0 saturated carbocycles. The topological polar surface area (TPSA) is 71.3 Å². The quantitative estimate of drug-likeness (QED) is 0.749. The van der Waals surface area contributed by atoms with Crippen molar-refractivity contribution in [3.05, 3.63) is 29.1 Å². The summed E-state index contributed by atoms with van der Waals surface area (Å²) in [5, 5.41) is 17.7. The molecule has 0 spiro atoms.